The summed E-state index contributed by atoms with van der Waals surface area (Å²) in [7, 11) is 1.50. The summed E-state index contributed by atoms with van der Waals surface area (Å²) in [5.74, 6) is -0.193. The number of amides is 1. The number of carbonyl (C=O) groups is 1. The average molecular weight is 445 g/mol. The Bertz CT molecular complexity index is 915. The SMILES string of the molecule is CC.CN.Cc1ccc(-c2ccc(C(=O)NCc3ccc(SN)cc3Cl)cn2)cc1. The molecule has 1 aromatic heterocycles. The van der Waals surface area contributed by atoms with Gasteiger partial charge in [-0.3, -0.25) is 14.9 Å². The molecular weight excluding hydrogens is 416 g/mol. The predicted octanol–water partition coefficient (Wildman–Crippen LogP) is 5.21. The van der Waals surface area contributed by atoms with E-state index in [4.69, 9.17) is 16.7 Å². The lowest BCUT2D eigenvalue weighted by Crippen LogP contribution is -2.23. The van der Waals surface area contributed by atoms with Gasteiger partial charge in [-0.25, -0.2) is 0 Å². The Morgan fingerprint density at radius 1 is 1.07 bits per heavy atom. The minimum Gasteiger partial charge on any atom is -0.348 e. The van der Waals surface area contributed by atoms with Gasteiger partial charge in [0.2, 0.25) is 0 Å². The highest BCUT2D eigenvalue weighted by Crippen LogP contribution is 2.22. The van der Waals surface area contributed by atoms with Gasteiger partial charge in [-0.05, 0) is 55.7 Å². The van der Waals surface area contributed by atoms with Crippen molar-refractivity contribution in [2.45, 2.75) is 32.2 Å². The van der Waals surface area contributed by atoms with Gasteiger partial charge in [-0.15, -0.1) is 0 Å². The van der Waals surface area contributed by atoms with Crippen molar-refractivity contribution in [2.24, 2.45) is 10.9 Å². The van der Waals surface area contributed by atoms with Crippen LogP contribution in [0.3, 0.4) is 0 Å². The highest BCUT2D eigenvalue weighted by molar-refractivity contribution is 7.97. The lowest BCUT2D eigenvalue weighted by molar-refractivity contribution is 0.0950. The molecule has 1 amide bonds. The first kappa shape index (κ1) is 25.7. The van der Waals surface area contributed by atoms with Crippen LogP contribution in [0.4, 0.5) is 0 Å². The number of aromatic nitrogens is 1. The number of benzene rings is 2. The van der Waals surface area contributed by atoms with Gasteiger partial charge in [0.1, 0.15) is 0 Å². The van der Waals surface area contributed by atoms with Crippen LogP contribution in [0.5, 0.6) is 0 Å². The fourth-order valence-corrected chi connectivity index (χ4v) is 3.09. The lowest BCUT2D eigenvalue weighted by atomic mass is 10.1. The van der Waals surface area contributed by atoms with E-state index in [1.165, 1.54) is 12.6 Å². The zero-order valence-corrected chi connectivity index (χ0v) is 19.3. The maximum Gasteiger partial charge on any atom is 0.253 e. The van der Waals surface area contributed by atoms with E-state index in [-0.39, 0.29) is 5.91 Å². The Kier molecular flexibility index (Phi) is 11.8. The minimum absolute atomic E-state index is 0.193. The molecule has 5 nitrogen and oxygen atoms in total. The van der Waals surface area contributed by atoms with Crippen LogP contribution in [0.2, 0.25) is 5.02 Å². The molecule has 0 aliphatic carbocycles. The number of halogens is 1. The molecule has 5 N–H and O–H groups in total. The molecule has 0 atom stereocenters. The molecule has 7 heteroatoms. The number of pyridine rings is 1. The quantitative estimate of drug-likeness (QED) is 0.469. The molecule has 0 radical (unpaired) electrons. The van der Waals surface area contributed by atoms with Crippen molar-refractivity contribution >= 4 is 29.5 Å². The number of nitrogens with zero attached hydrogens (tertiary/aromatic N) is 1. The van der Waals surface area contributed by atoms with Gasteiger partial charge in [0.15, 0.2) is 0 Å². The van der Waals surface area contributed by atoms with Crippen LogP contribution in [-0.2, 0) is 6.54 Å². The van der Waals surface area contributed by atoms with E-state index < -0.39 is 0 Å². The van der Waals surface area contributed by atoms with Crippen LogP contribution >= 0.6 is 23.5 Å². The molecule has 0 bridgehead atoms. The zero-order valence-electron chi connectivity index (χ0n) is 17.8. The van der Waals surface area contributed by atoms with Crippen molar-refractivity contribution in [3.8, 4) is 11.3 Å². The molecule has 0 unspecified atom stereocenters. The van der Waals surface area contributed by atoms with Gasteiger partial charge in [0, 0.05) is 28.2 Å². The maximum atomic E-state index is 12.3. The Labute approximate surface area is 188 Å². The third-order valence-corrected chi connectivity index (χ3v) is 4.85. The summed E-state index contributed by atoms with van der Waals surface area (Å²) in [6.45, 7) is 6.38. The molecule has 0 aliphatic heterocycles. The first-order valence-corrected chi connectivity index (χ1v) is 10.9. The minimum atomic E-state index is -0.193. The van der Waals surface area contributed by atoms with Crippen LogP contribution in [0.25, 0.3) is 11.3 Å². The third-order valence-electron chi connectivity index (χ3n) is 3.97. The normalized spacial score (nSPS) is 9.57. The summed E-state index contributed by atoms with van der Waals surface area (Å²) in [6, 6.07) is 17.2. The number of rotatable bonds is 5. The van der Waals surface area contributed by atoms with Gasteiger partial charge in [0.25, 0.3) is 5.91 Å². The van der Waals surface area contributed by atoms with E-state index >= 15 is 0 Å². The molecule has 2 aromatic carbocycles. The molecule has 160 valence electrons. The number of hydrogen-bond acceptors (Lipinski definition) is 5. The summed E-state index contributed by atoms with van der Waals surface area (Å²) in [6.07, 6.45) is 1.58. The number of carbonyl (C=O) groups excluding carboxylic acids is 1. The topological polar surface area (TPSA) is 94.0 Å². The molecule has 3 aromatic rings. The molecule has 0 saturated carbocycles. The van der Waals surface area contributed by atoms with Gasteiger partial charge < -0.3 is 11.1 Å². The molecule has 1 heterocycles. The second-order valence-corrected chi connectivity index (χ2v) is 6.97. The van der Waals surface area contributed by atoms with Crippen molar-refractivity contribution in [3.05, 3.63) is 82.5 Å². The molecule has 0 fully saturated rings. The van der Waals surface area contributed by atoms with E-state index in [0.717, 1.165) is 33.7 Å². The second kappa shape index (κ2) is 13.8. The number of aryl methyl sites for hydroxylation is 1. The third kappa shape index (κ3) is 7.46. The van der Waals surface area contributed by atoms with E-state index in [1.54, 1.807) is 18.3 Å². The number of hydrogen-bond donors (Lipinski definition) is 3. The monoisotopic (exact) mass is 444 g/mol. The van der Waals surface area contributed by atoms with E-state index in [9.17, 15) is 4.79 Å². The highest BCUT2D eigenvalue weighted by atomic mass is 35.5. The van der Waals surface area contributed by atoms with E-state index in [1.807, 2.05) is 63.2 Å². The summed E-state index contributed by atoms with van der Waals surface area (Å²) < 4.78 is 0. The van der Waals surface area contributed by atoms with Gasteiger partial charge in [-0.2, -0.15) is 0 Å². The van der Waals surface area contributed by atoms with Crippen molar-refractivity contribution in [3.63, 3.8) is 0 Å². The maximum absolute atomic E-state index is 12.3. The molecule has 30 heavy (non-hydrogen) atoms. The van der Waals surface area contributed by atoms with Crippen molar-refractivity contribution < 1.29 is 4.79 Å². The van der Waals surface area contributed by atoms with Crippen molar-refractivity contribution in [1.82, 2.24) is 10.3 Å². The van der Waals surface area contributed by atoms with Gasteiger partial charge >= 0.3 is 0 Å². The smallest absolute Gasteiger partial charge is 0.253 e. The second-order valence-electron chi connectivity index (χ2n) is 5.85. The Balaban J connectivity index is 0.00000106. The van der Waals surface area contributed by atoms with Gasteiger partial charge in [-0.1, -0.05) is 61.3 Å². The number of nitrogens with two attached hydrogens (primary N) is 2. The predicted molar refractivity (Wildman–Crippen MR) is 129 cm³/mol. The Morgan fingerprint density at radius 3 is 2.27 bits per heavy atom. The average Bonchev–Trinajstić information content (AvgIpc) is 2.81. The van der Waals surface area contributed by atoms with Crippen LogP contribution < -0.4 is 16.2 Å². The first-order valence-electron chi connectivity index (χ1n) is 9.61. The molecule has 0 spiro atoms. The standard InChI is InChI=1S/C20H18ClN3OS.C2H6.CH5N/c1-13-2-4-14(5-3-13)19-9-7-16(12-23-19)20(25)24-11-15-6-8-17(26-22)10-18(15)21;2*1-2/h2-10,12H,11,22H2,1H3,(H,24,25);1-2H3;2H2,1H3. The molecule has 0 aliphatic rings. The summed E-state index contributed by atoms with van der Waals surface area (Å²) in [5, 5.41) is 8.95. The van der Waals surface area contributed by atoms with Gasteiger partial charge in [0.05, 0.1) is 11.3 Å². The highest BCUT2D eigenvalue weighted by Gasteiger charge is 2.09. The van der Waals surface area contributed by atoms with E-state index in [0.29, 0.717) is 17.1 Å². The summed E-state index contributed by atoms with van der Waals surface area (Å²) >= 11 is 7.34. The van der Waals surface area contributed by atoms with Crippen LogP contribution in [0.15, 0.2) is 65.7 Å². The summed E-state index contributed by atoms with van der Waals surface area (Å²) in [5.41, 5.74) is 8.89. The Hall–Kier alpha value is -2.38. The van der Waals surface area contributed by atoms with Crippen LogP contribution in [0.1, 0.15) is 35.3 Å². The van der Waals surface area contributed by atoms with Crippen molar-refractivity contribution in [1.29, 1.82) is 0 Å². The number of nitrogens with one attached hydrogen (secondary N) is 1. The fourth-order valence-electron chi connectivity index (χ4n) is 2.45. The molecule has 0 saturated heterocycles. The van der Waals surface area contributed by atoms with E-state index in [2.05, 4.69) is 16.0 Å². The van der Waals surface area contributed by atoms with Crippen LogP contribution in [-0.4, -0.2) is 17.9 Å². The fraction of sp³-hybridized carbons (Fsp3) is 0.217. The van der Waals surface area contributed by atoms with Crippen LogP contribution in [0, 0.1) is 6.92 Å². The van der Waals surface area contributed by atoms with Crippen molar-refractivity contribution in [2.75, 3.05) is 7.05 Å². The lowest BCUT2D eigenvalue weighted by Gasteiger charge is -2.08. The molecule has 3 rings (SSSR count). The summed E-state index contributed by atoms with van der Waals surface area (Å²) in [4.78, 5) is 17.6. The first-order chi connectivity index (χ1) is 14.6. The Morgan fingerprint density at radius 2 is 1.73 bits per heavy atom. The zero-order chi connectivity index (χ0) is 22.5. The molecular formula is C23H29ClN4OS. The largest absolute Gasteiger partial charge is 0.348 e.